The first kappa shape index (κ1) is 13.4. The van der Waals surface area contributed by atoms with Crippen LogP contribution in [-0.4, -0.2) is 6.03 Å². The fourth-order valence-electron chi connectivity index (χ4n) is 1.55. The van der Waals surface area contributed by atoms with Crippen molar-refractivity contribution in [2.45, 2.75) is 6.54 Å². The van der Waals surface area contributed by atoms with Gasteiger partial charge in [-0.15, -0.1) is 0 Å². The highest BCUT2D eigenvalue weighted by molar-refractivity contribution is 6.33. The molecular weight excluding hydrogens is 267 g/mol. The Morgan fingerprint density at radius 2 is 1.84 bits per heavy atom. The van der Waals surface area contributed by atoms with E-state index in [-0.39, 0.29) is 10.7 Å². The molecule has 5 heteroatoms. The SMILES string of the molecule is O=C(NCc1ccccc1)Nc1c(F)cccc1Cl. The van der Waals surface area contributed by atoms with Crippen LogP contribution in [-0.2, 0) is 6.54 Å². The molecule has 0 aliphatic carbocycles. The molecule has 19 heavy (non-hydrogen) atoms. The second-order valence-corrected chi connectivity index (χ2v) is 4.30. The van der Waals surface area contributed by atoms with Gasteiger partial charge in [-0.3, -0.25) is 0 Å². The Balaban J connectivity index is 1.95. The highest BCUT2D eigenvalue weighted by atomic mass is 35.5. The zero-order valence-electron chi connectivity index (χ0n) is 9.99. The van der Waals surface area contributed by atoms with Crippen LogP contribution in [0.15, 0.2) is 48.5 Å². The average Bonchev–Trinajstić information content (AvgIpc) is 2.42. The van der Waals surface area contributed by atoms with Gasteiger partial charge >= 0.3 is 6.03 Å². The second kappa shape index (κ2) is 6.20. The van der Waals surface area contributed by atoms with Gasteiger partial charge in [0.25, 0.3) is 0 Å². The summed E-state index contributed by atoms with van der Waals surface area (Å²) in [6, 6.07) is 13.1. The van der Waals surface area contributed by atoms with Crippen LogP contribution in [0.25, 0.3) is 0 Å². The number of benzene rings is 2. The Morgan fingerprint density at radius 1 is 1.11 bits per heavy atom. The molecule has 0 unspecified atom stereocenters. The smallest absolute Gasteiger partial charge is 0.319 e. The molecule has 0 spiro atoms. The van der Waals surface area contributed by atoms with Gasteiger partial charge in [0.1, 0.15) is 5.82 Å². The van der Waals surface area contributed by atoms with Crippen molar-refractivity contribution in [2.75, 3.05) is 5.32 Å². The first-order chi connectivity index (χ1) is 9.16. The number of nitrogens with one attached hydrogen (secondary N) is 2. The Labute approximate surface area is 115 Å². The van der Waals surface area contributed by atoms with Gasteiger partial charge in [-0.05, 0) is 17.7 Å². The highest BCUT2D eigenvalue weighted by Crippen LogP contribution is 2.24. The van der Waals surface area contributed by atoms with Crippen LogP contribution in [0.3, 0.4) is 0 Å². The molecule has 0 saturated carbocycles. The monoisotopic (exact) mass is 278 g/mol. The number of amides is 2. The van der Waals surface area contributed by atoms with Crippen molar-refractivity contribution in [1.82, 2.24) is 5.32 Å². The maximum atomic E-state index is 13.4. The Kier molecular flexibility index (Phi) is 4.36. The fourth-order valence-corrected chi connectivity index (χ4v) is 1.76. The van der Waals surface area contributed by atoms with Crippen LogP contribution in [0.2, 0.25) is 5.02 Å². The zero-order valence-corrected chi connectivity index (χ0v) is 10.7. The molecule has 98 valence electrons. The molecule has 0 aliphatic heterocycles. The highest BCUT2D eigenvalue weighted by Gasteiger charge is 2.09. The van der Waals surface area contributed by atoms with Crippen LogP contribution >= 0.6 is 11.6 Å². The number of urea groups is 1. The molecule has 0 aliphatic rings. The molecule has 0 atom stereocenters. The standard InChI is InChI=1S/C14H12ClFN2O/c15-11-7-4-8-12(16)13(11)18-14(19)17-9-10-5-2-1-3-6-10/h1-8H,9H2,(H2,17,18,19). The summed E-state index contributed by atoms with van der Waals surface area (Å²) in [4.78, 5) is 11.6. The van der Waals surface area contributed by atoms with Crippen LogP contribution in [0.4, 0.5) is 14.9 Å². The van der Waals surface area contributed by atoms with Crippen LogP contribution in [0.1, 0.15) is 5.56 Å². The largest absolute Gasteiger partial charge is 0.334 e. The van der Waals surface area contributed by atoms with E-state index in [9.17, 15) is 9.18 Å². The lowest BCUT2D eigenvalue weighted by Crippen LogP contribution is -2.28. The van der Waals surface area contributed by atoms with Crippen molar-refractivity contribution in [3.8, 4) is 0 Å². The first-order valence-corrected chi connectivity index (χ1v) is 6.07. The first-order valence-electron chi connectivity index (χ1n) is 5.69. The molecule has 0 radical (unpaired) electrons. The molecule has 0 heterocycles. The maximum Gasteiger partial charge on any atom is 0.319 e. The quantitative estimate of drug-likeness (QED) is 0.881. The van der Waals surface area contributed by atoms with Crippen molar-refractivity contribution in [3.05, 3.63) is 64.9 Å². The molecule has 2 amide bonds. The van der Waals surface area contributed by atoms with Crippen molar-refractivity contribution in [1.29, 1.82) is 0 Å². The number of para-hydroxylation sites is 1. The van der Waals surface area contributed by atoms with E-state index in [1.54, 1.807) is 0 Å². The summed E-state index contributed by atoms with van der Waals surface area (Å²) in [5, 5.41) is 5.18. The third kappa shape index (κ3) is 3.69. The van der Waals surface area contributed by atoms with Crippen LogP contribution in [0, 0.1) is 5.82 Å². The third-order valence-electron chi connectivity index (χ3n) is 2.50. The molecule has 2 aromatic carbocycles. The van der Waals surface area contributed by atoms with Gasteiger partial charge in [0.2, 0.25) is 0 Å². The molecular formula is C14H12ClFN2O. The molecule has 0 fully saturated rings. The molecule has 2 aromatic rings. The van der Waals surface area contributed by atoms with Gasteiger partial charge < -0.3 is 10.6 Å². The predicted molar refractivity (Wildman–Crippen MR) is 73.7 cm³/mol. The summed E-state index contributed by atoms with van der Waals surface area (Å²) >= 11 is 5.81. The van der Waals surface area contributed by atoms with E-state index in [4.69, 9.17) is 11.6 Å². The van der Waals surface area contributed by atoms with Gasteiger partial charge in [0.15, 0.2) is 0 Å². The van der Waals surface area contributed by atoms with Crippen LogP contribution in [0.5, 0.6) is 0 Å². The van der Waals surface area contributed by atoms with Crippen LogP contribution < -0.4 is 10.6 Å². The van der Waals surface area contributed by atoms with E-state index in [1.807, 2.05) is 30.3 Å². The van der Waals surface area contributed by atoms with E-state index in [0.29, 0.717) is 6.54 Å². The lowest BCUT2D eigenvalue weighted by molar-refractivity contribution is 0.251. The van der Waals surface area contributed by atoms with E-state index < -0.39 is 11.8 Å². The summed E-state index contributed by atoms with van der Waals surface area (Å²) in [5.41, 5.74) is 0.937. The van der Waals surface area contributed by atoms with Gasteiger partial charge in [-0.2, -0.15) is 0 Å². The van der Waals surface area contributed by atoms with Crippen molar-refractivity contribution >= 4 is 23.3 Å². The second-order valence-electron chi connectivity index (χ2n) is 3.89. The van der Waals surface area contributed by atoms with E-state index >= 15 is 0 Å². The number of hydrogen-bond donors (Lipinski definition) is 2. The predicted octanol–water partition coefficient (Wildman–Crippen LogP) is 3.80. The summed E-state index contributed by atoms with van der Waals surface area (Å²) in [6.07, 6.45) is 0. The normalized spacial score (nSPS) is 10.0. The number of halogens is 2. The van der Waals surface area contributed by atoms with Crippen molar-refractivity contribution < 1.29 is 9.18 Å². The number of hydrogen-bond acceptors (Lipinski definition) is 1. The number of rotatable bonds is 3. The minimum atomic E-state index is -0.567. The van der Waals surface area contributed by atoms with Crippen molar-refractivity contribution in [2.24, 2.45) is 0 Å². The summed E-state index contributed by atoms with van der Waals surface area (Å²) < 4.78 is 13.4. The molecule has 2 rings (SSSR count). The Hall–Kier alpha value is -2.07. The Morgan fingerprint density at radius 3 is 2.53 bits per heavy atom. The van der Waals surface area contributed by atoms with Gasteiger partial charge in [-0.25, -0.2) is 9.18 Å². The van der Waals surface area contributed by atoms with E-state index in [0.717, 1.165) is 5.56 Å². The molecule has 2 N–H and O–H groups in total. The van der Waals surface area contributed by atoms with Crippen molar-refractivity contribution in [3.63, 3.8) is 0 Å². The van der Waals surface area contributed by atoms with Gasteiger partial charge in [0, 0.05) is 6.54 Å². The molecule has 3 nitrogen and oxygen atoms in total. The minimum absolute atomic E-state index is 0.0188. The van der Waals surface area contributed by atoms with Gasteiger partial charge in [0.05, 0.1) is 10.7 Å². The maximum absolute atomic E-state index is 13.4. The summed E-state index contributed by atoms with van der Waals surface area (Å²) in [5.74, 6) is -0.567. The average molecular weight is 279 g/mol. The number of anilines is 1. The third-order valence-corrected chi connectivity index (χ3v) is 2.81. The lowest BCUT2D eigenvalue weighted by atomic mass is 10.2. The summed E-state index contributed by atoms with van der Waals surface area (Å²) in [6.45, 7) is 0.360. The number of carbonyl (C=O) groups excluding carboxylic acids is 1. The fraction of sp³-hybridized carbons (Fsp3) is 0.0714. The zero-order chi connectivity index (χ0) is 13.7. The lowest BCUT2D eigenvalue weighted by Gasteiger charge is -2.09. The molecule has 0 aromatic heterocycles. The topological polar surface area (TPSA) is 41.1 Å². The molecule has 0 bridgehead atoms. The van der Waals surface area contributed by atoms with E-state index in [2.05, 4.69) is 10.6 Å². The molecule has 0 saturated heterocycles. The van der Waals surface area contributed by atoms with E-state index in [1.165, 1.54) is 18.2 Å². The minimum Gasteiger partial charge on any atom is -0.334 e. The summed E-state index contributed by atoms with van der Waals surface area (Å²) in [7, 11) is 0. The Bertz CT molecular complexity index is 555. The number of carbonyl (C=O) groups is 1. The van der Waals surface area contributed by atoms with Gasteiger partial charge in [-0.1, -0.05) is 48.0 Å².